The summed E-state index contributed by atoms with van der Waals surface area (Å²) in [7, 11) is 0. The van der Waals surface area contributed by atoms with Crippen molar-refractivity contribution in [1.82, 2.24) is 4.90 Å². The average molecular weight is 434 g/mol. The number of aliphatic imine (C=N–C) groups is 2. The predicted molar refractivity (Wildman–Crippen MR) is 100 cm³/mol. The first-order chi connectivity index (χ1) is 12.1. The second-order valence-electron chi connectivity index (χ2n) is 5.64. The molecule has 10 heteroatoms. The van der Waals surface area contributed by atoms with Crippen LogP contribution in [0.2, 0.25) is 0 Å². The molecule has 1 aliphatic rings. The molecule has 0 spiro atoms. The topological polar surface area (TPSA) is 117 Å². The zero-order chi connectivity index (χ0) is 19.7. The SMILES string of the molecule is CC(=O)O.NC(=NCc1cccc(Br)c1)N=C(N)N1CCC(F)(F)CC1. The highest BCUT2D eigenvalue weighted by molar-refractivity contribution is 9.10. The number of carboxylic acids is 1. The number of hydrogen-bond acceptors (Lipinski definition) is 2. The molecule has 0 unspecified atom stereocenters. The van der Waals surface area contributed by atoms with Crippen LogP contribution in [0.5, 0.6) is 0 Å². The third-order valence-corrected chi connectivity index (χ3v) is 3.85. The fourth-order valence-electron chi connectivity index (χ4n) is 2.09. The molecule has 1 aromatic rings. The number of alkyl halides is 2. The smallest absolute Gasteiger partial charge is 0.300 e. The molecule has 0 radical (unpaired) electrons. The Morgan fingerprint density at radius 3 is 2.46 bits per heavy atom. The van der Waals surface area contributed by atoms with Gasteiger partial charge in [-0.3, -0.25) is 4.79 Å². The van der Waals surface area contributed by atoms with E-state index in [1.807, 2.05) is 24.3 Å². The van der Waals surface area contributed by atoms with E-state index in [4.69, 9.17) is 21.4 Å². The maximum absolute atomic E-state index is 13.1. The summed E-state index contributed by atoms with van der Waals surface area (Å²) in [5, 5.41) is 7.42. The number of nitrogens with two attached hydrogens (primary N) is 2. The van der Waals surface area contributed by atoms with Gasteiger partial charge >= 0.3 is 0 Å². The molecule has 0 atom stereocenters. The van der Waals surface area contributed by atoms with Gasteiger partial charge in [0.05, 0.1) is 6.54 Å². The van der Waals surface area contributed by atoms with E-state index in [1.54, 1.807) is 4.90 Å². The molecule has 5 N–H and O–H groups in total. The van der Waals surface area contributed by atoms with Crippen LogP contribution >= 0.6 is 15.9 Å². The van der Waals surface area contributed by atoms with E-state index in [1.165, 1.54) is 0 Å². The van der Waals surface area contributed by atoms with Gasteiger partial charge in [-0.2, -0.15) is 4.99 Å². The van der Waals surface area contributed by atoms with Gasteiger partial charge in [-0.25, -0.2) is 13.8 Å². The Balaban J connectivity index is 0.000000765. The number of guanidine groups is 2. The zero-order valence-corrected chi connectivity index (χ0v) is 15.9. The maximum atomic E-state index is 13.1. The third kappa shape index (κ3) is 8.75. The van der Waals surface area contributed by atoms with Crippen LogP contribution in [0.4, 0.5) is 8.78 Å². The van der Waals surface area contributed by atoms with Crippen molar-refractivity contribution in [2.75, 3.05) is 13.1 Å². The minimum atomic E-state index is -2.61. The standard InChI is InChI=1S/C14H18BrF2N5.C2H4O2/c15-11-3-1-2-10(8-11)9-20-12(18)21-13(19)22-6-4-14(16,17)5-7-22;1-2(3)4/h1-3,8H,4-7,9H2,(H4,18,19,20,21);1H3,(H,3,4). The minimum absolute atomic E-state index is 0.0369. The Morgan fingerprint density at radius 1 is 1.35 bits per heavy atom. The Hall–Kier alpha value is -2.23. The molecule has 0 aromatic heterocycles. The number of likely N-dealkylation sites (tertiary alicyclic amines) is 1. The van der Waals surface area contributed by atoms with E-state index < -0.39 is 11.9 Å². The van der Waals surface area contributed by atoms with Crippen LogP contribution in [0.3, 0.4) is 0 Å². The van der Waals surface area contributed by atoms with Gasteiger partial charge in [-0.15, -0.1) is 0 Å². The van der Waals surface area contributed by atoms with Crippen molar-refractivity contribution in [3.8, 4) is 0 Å². The van der Waals surface area contributed by atoms with E-state index in [0.29, 0.717) is 6.54 Å². The number of rotatable bonds is 2. The highest BCUT2D eigenvalue weighted by atomic mass is 79.9. The average Bonchev–Trinajstić information content (AvgIpc) is 2.52. The molecule has 7 nitrogen and oxygen atoms in total. The highest BCUT2D eigenvalue weighted by Gasteiger charge is 2.34. The number of carboxylic acid groups (broad SMARTS) is 1. The van der Waals surface area contributed by atoms with Crippen molar-refractivity contribution in [2.24, 2.45) is 21.5 Å². The lowest BCUT2D eigenvalue weighted by atomic mass is 10.1. The van der Waals surface area contributed by atoms with Crippen LogP contribution in [0.25, 0.3) is 0 Å². The first kappa shape index (κ1) is 21.8. The van der Waals surface area contributed by atoms with Crippen molar-refractivity contribution in [2.45, 2.75) is 32.2 Å². The second-order valence-corrected chi connectivity index (χ2v) is 6.55. The summed E-state index contributed by atoms with van der Waals surface area (Å²) in [5.41, 5.74) is 12.5. The normalized spacial score (nSPS) is 17.3. The van der Waals surface area contributed by atoms with E-state index in [0.717, 1.165) is 17.0 Å². The molecular weight excluding hydrogens is 412 g/mol. The molecule has 0 aliphatic carbocycles. The van der Waals surface area contributed by atoms with Gasteiger partial charge in [-0.05, 0) is 17.7 Å². The summed E-state index contributed by atoms with van der Waals surface area (Å²) in [6, 6.07) is 7.66. The second kappa shape index (κ2) is 10.0. The number of hydrogen-bond donors (Lipinski definition) is 3. The number of carbonyl (C=O) groups is 1. The first-order valence-corrected chi connectivity index (χ1v) is 8.59. The molecule has 1 fully saturated rings. The number of benzene rings is 1. The Bertz CT molecular complexity index is 668. The van der Waals surface area contributed by atoms with Crippen molar-refractivity contribution >= 4 is 33.8 Å². The van der Waals surface area contributed by atoms with Crippen LogP contribution in [0, 0.1) is 0 Å². The molecule has 144 valence electrons. The van der Waals surface area contributed by atoms with Crippen molar-refractivity contribution in [3.63, 3.8) is 0 Å². The first-order valence-electron chi connectivity index (χ1n) is 7.80. The predicted octanol–water partition coefficient (Wildman–Crippen LogP) is 2.40. The summed E-state index contributed by atoms with van der Waals surface area (Å²) in [6.07, 6.45) is -0.448. The largest absolute Gasteiger partial charge is 0.481 e. The summed E-state index contributed by atoms with van der Waals surface area (Å²) >= 11 is 3.38. The Kier molecular flexibility index (Phi) is 8.43. The molecule has 0 amide bonds. The number of halogens is 3. The summed E-state index contributed by atoms with van der Waals surface area (Å²) < 4.78 is 27.1. The number of aliphatic carboxylic acids is 1. The number of piperidine rings is 1. The molecule has 2 rings (SSSR count). The Labute approximate surface area is 158 Å². The molecule has 1 saturated heterocycles. The molecule has 0 saturated carbocycles. The fraction of sp³-hybridized carbons (Fsp3) is 0.438. The quantitative estimate of drug-likeness (QED) is 0.488. The number of nitrogens with zero attached hydrogens (tertiary/aromatic N) is 3. The van der Waals surface area contributed by atoms with Gasteiger partial charge in [0.1, 0.15) is 0 Å². The summed E-state index contributed by atoms with van der Waals surface area (Å²) in [5.74, 6) is -3.28. The van der Waals surface area contributed by atoms with Gasteiger partial charge in [0.15, 0.2) is 5.96 Å². The van der Waals surface area contributed by atoms with Crippen LogP contribution in [0.15, 0.2) is 38.7 Å². The summed E-state index contributed by atoms with van der Waals surface area (Å²) in [4.78, 5) is 18.7. The molecule has 0 bridgehead atoms. The molecule has 1 aromatic carbocycles. The van der Waals surface area contributed by atoms with Gasteiger partial charge in [0.2, 0.25) is 5.96 Å². The van der Waals surface area contributed by atoms with Crippen LogP contribution < -0.4 is 11.5 Å². The van der Waals surface area contributed by atoms with Gasteiger partial charge in [-0.1, -0.05) is 28.1 Å². The highest BCUT2D eigenvalue weighted by Crippen LogP contribution is 2.27. The van der Waals surface area contributed by atoms with E-state index in [-0.39, 0.29) is 37.9 Å². The molecule has 1 aliphatic heterocycles. The van der Waals surface area contributed by atoms with Crippen LogP contribution in [-0.4, -0.2) is 46.9 Å². The van der Waals surface area contributed by atoms with Crippen molar-refractivity contribution < 1.29 is 18.7 Å². The van der Waals surface area contributed by atoms with Crippen LogP contribution in [-0.2, 0) is 11.3 Å². The van der Waals surface area contributed by atoms with Crippen molar-refractivity contribution in [1.29, 1.82) is 0 Å². The maximum Gasteiger partial charge on any atom is 0.300 e. The van der Waals surface area contributed by atoms with Crippen LogP contribution in [0.1, 0.15) is 25.3 Å². The molecule has 1 heterocycles. The van der Waals surface area contributed by atoms with Gasteiger partial charge < -0.3 is 21.5 Å². The monoisotopic (exact) mass is 433 g/mol. The molecule has 26 heavy (non-hydrogen) atoms. The zero-order valence-electron chi connectivity index (χ0n) is 14.3. The lowest BCUT2D eigenvalue weighted by Gasteiger charge is -2.32. The minimum Gasteiger partial charge on any atom is -0.481 e. The molecular formula is C16H22BrF2N5O2. The van der Waals surface area contributed by atoms with Gasteiger partial charge in [0, 0.05) is 37.3 Å². The van der Waals surface area contributed by atoms with Crippen molar-refractivity contribution in [3.05, 3.63) is 34.3 Å². The third-order valence-electron chi connectivity index (χ3n) is 3.36. The fourth-order valence-corrected chi connectivity index (χ4v) is 2.54. The van der Waals surface area contributed by atoms with Gasteiger partial charge in [0.25, 0.3) is 11.9 Å². The lowest BCUT2D eigenvalue weighted by Crippen LogP contribution is -2.46. The van der Waals surface area contributed by atoms with E-state index in [9.17, 15) is 8.78 Å². The van der Waals surface area contributed by atoms with E-state index >= 15 is 0 Å². The van der Waals surface area contributed by atoms with E-state index in [2.05, 4.69) is 25.9 Å². The summed E-state index contributed by atoms with van der Waals surface area (Å²) in [6.45, 7) is 1.79. The Morgan fingerprint density at radius 2 is 1.92 bits per heavy atom. The lowest BCUT2D eigenvalue weighted by molar-refractivity contribution is -0.134.